The van der Waals surface area contributed by atoms with Gasteiger partial charge < -0.3 is 20.3 Å². The lowest BCUT2D eigenvalue weighted by Gasteiger charge is -2.16. The van der Waals surface area contributed by atoms with Gasteiger partial charge in [0.05, 0.1) is 5.75 Å². The molecule has 1 aliphatic rings. The van der Waals surface area contributed by atoms with Crippen molar-refractivity contribution in [3.8, 4) is 17.2 Å². The Morgan fingerprint density at radius 2 is 1.71 bits per heavy atom. The number of benzene rings is 2. The van der Waals surface area contributed by atoms with Crippen LogP contribution in [0, 0.1) is 19.8 Å². The second kappa shape index (κ2) is 8.97. The molecule has 0 spiro atoms. The van der Waals surface area contributed by atoms with Crippen LogP contribution in [0.2, 0.25) is 0 Å². The standard InChI is InChI=1S/C22H25NO7S/c1-13-9-16(23-21(25)22(26)27)10-14(2)20(13)30-17-7-8-18(24)19(11-17)31(28,29)12-15-5-3-4-6-15/h7-11,15,24H,3-6,12H2,1-2H3,(H,23,25)(H,26,27). The van der Waals surface area contributed by atoms with E-state index in [2.05, 4.69) is 5.32 Å². The fourth-order valence-corrected chi connectivity index (χ4v) is 5.69. The Labute approximate surface area is 180 Å². The molecular formula is C22H25NO7S. The third-order valence-corrected chi connectivity index (χ3v) is 7.24. The lowest BCUT2D eigenvalue weighted by molar-refractivity contribution is -0.147. The molecule has 0 bridgehead atoms. The minimum atomic E-state index is -3.67. The molecule has 3 N–H and O–H groups in total. The minimum Gasteiger partial charge on any atom is -0.507 e. The van der Waals surface area contributed by atoms with Gasteiger partial charge in [0.2, 0.25) is 0 Å². The summed E-state index contributed by atoms with van der Waals surface area (Å²) in [4.78, 5) is 21.9. The van der Waals surface area contributed by atoms with E-state index in [1.807, 2.05) is 0 Å². The van der Waals surface area contributed by atoms with Crippen molar-refractivity contribution in [1.82, 2.24) is 0 Å². The van der Waals surface area contributed by atoms with Gasteiger partial charge in [-0.05, 0) is 68.0 Å². The summed E-state index contributed by atoms with van der Waals surface area (Å²) in [6, 6.07) is 7.20. The first kappa shape index (κ1) is 22.6. The molecule has 8 nitrogen and oxygen atoms in total. The largest absolute Gasteiger partial charge is 0.507 e. The highest BCUT2D eigenvalue weighted by Crippen LogP contribution is 2.36. The monoisotopic (exact) mass is 447 g/mol. The third kappa shape index (κ3) is 5.35. The van der Waals surface area contributed by atoms with Crippen molar-refractivity contribution < 1.29 is 33.0 Å². The first-order valence-corrected chi connectivity index (χ1v) is 11.6. The Kier molecular flexibility index (Phi) is 6.54. The van der Waals surface area contributed by atoms with Gasteiger partial charge in [0.25, 0.3) is 0 Å². The summed E-state index contributed by atoms with van der Waals surface area (Å²) in [5.41, 5.74) is 1.54. The maximum Gasteiger partial charge on any atom is 0.394 e. The van der Waals surface area contributed by atoms with E-state index in [9.17, 15) is 23.1 Å². The number of carbonyl (C=O) groups is 2. The zero-order valence-electron chi connectivity index (χ0n) is 17.3. The Balaban J connectivity index is 1.85. The number of hydrogen-bond donors (Lipinski definition) is 3. The molecule has 3 rings (SSSR count). The molecule has 2 aromatic rings. The molecule has 1 amide bonds. The van der Waals surface area contributed by atoms with Gasteiger partial charge in [-0.25, -0.2) is 13.2 Å². The third-order valence-electron chi connectivity index (χ3n) is 5.33. The number of phenolic OH excluding ortho intramolecular Hbond substituents is 1. The first-order chi connectivity index (χ1) is 14.6. The van der Waals surface area contributed by atoms with E-state index < -0.39 is 21.7 Å². The number of carboxylic acid groups (broad SMARTS) is 1. The predicted octanol–water partition coefficient (Wildman–Crippen LogP) is 3.79. The zero-order valence-corrected chi connectivity index (χ0v) is 18.2. The van der Waals surface area contributed by atoms with Crippen molar-refractivity contribution >= 4 is 27.4 Å². The van der Waals surface area contributed by atoms with Crippen molar-refractivity contribution in [2.45, 2.75) is 44.4 Å². The smallest absolute Gasteiger partial charge is 0.394 e. The molecule has 166 valence electrons. The maximum absolute atomic E-state index is 12.8. The van der Waals surface area contributed by atoms with Gasteiger partial charge in [0.15, 0.2) is 9.84 Å². The number of aliphatic carboxylic acids is 1. The number of phenols is 1. The number of rotatable bonds is 6. The Morgan fingerprint density at radius 3 is 2.29 bits per heavy atom. The van der Waals surface area contributed by atoms with Crippen LogP contribution in [0.5, 0.6) is 17.2 Å². The van der Waals surface area contributed by atoms with Crippen LogP contribution in [-0.4, -0.2) is 36.3 Å². The summed E-state index contributed by atoms with van der Waals surface area (Å²) < 4.78 is 31.6. The Bertz CT molecular complexity index is 1100. The fourth-order valence-electron chi connectivity index (χ4n) is 3.87. The normalized spacial score (nSPS) is 14.4. The molecule has 31 heavy (non-hydrogen) atoms. The number of carbonyl (C=O) groups excluding carboxylic acids is 1. The number of amides is 1. The highest BCUT2D eigenvalue weighted by molar-refractivity contribution is 7.91. The number of sulfone groups is 1. The van der Waals surface area contributed by atoms with Crippen LogP contribution in [-0.2, 0) is 19.4 Å². The van der Waals surface area contributed by atoms with Crippen LogP contribution in [0.4, 0.5) is 5.69 Å². The van der Waals surface area contributed by atoms with Crippen LogP contribution in [0.25, 0.3) is 0 Å². The van der Waals surface area contributed by atoms with E-state index in [0.29, 0.717) is 22.6 Å². The number of aromatic hydroxyl groups is 1. The van der Waals surface area contributed by atoms with Gasteiger partial charge in [-0.1, -0.05) is 12.8 Å². The topological polar surface area (TPSA) is 130 Å². The number of nitrogens with one attached hydrogen (secondary N) is 1. The number of carboxylic acids is 1. The molecule has 0 aromatic heterocycles. The molecule has 0 atom stereocenters. The van der Waals surface area contributed by atoms with Crippen LogP contribution >= 0.6 is 0 Å². The summed E-state index contributed by atoms with van der Waals surface area (Å²) in [7, 11) is -3.67. The van der Waals surface area contributed by atoms with Crippen molar-refractivity contribution in [2.24, 2.45) is 5.92 Å². The van der Waals surface area contributed by atoms with E-state index in [4.69, 9.17) is 9.84 Å². The van der Waals surface area contributed by atoms with E-state index >= 15 is 0 Å². The first-order valence-electron chi connectivity index (χ1n) is 9.96. The van der Waals surface area contributed by atoms with Crippen molar-refractivity contribution in [1.29, 1.82) is 0 Å². The van der Waals surface area contributed by atoms with E-state index in [0.717, 1.165) is 25.7 Å². The summed E-state index contributed by atoms with van der Waals surface area (Å²) in [6.07, 6.45) is 3.80. The van der Waals surface area contributed by atoms with Gasteiger partial charge in [-0.15, -0.1) is 0 Å². The van der Waals surface area contributed by atoms with Crippen LogP contribution in [0.3, 0.4) is 0 Å². The summed E-state index contributed by atoms with van der Waals surface area (Å²) in [5, 5.41) is 21.2. The average Bonchev–Trinajstić information content (AvgIpc) is 3.18. The molecule has 1 aliphatic carbocycles. The second-order valence-electron chi connectivity index (χ2n) is 7.86. The maximum atomic E-state index is 12.8. The number of anilines is 1. The Hall–Kier alpha value is -3.07. The molecule has 0 aliphatic heterocycles. The van der Waals surface area contributed by atoms with Gasteiger partial charge in [0.1, 0.15) is 22.1 Å². The highest BCUT2D eigenvalue weighted by atomic mass is 32.2. The number of hydrogen-bond acceptors (Lipinski definition) is 6. The fraction of sp³-hybridized carbons (Fsp3) is 0.364. The van der Waals surface area contributed by atoms with Gasteiger partial charge >= 0.3 is 11.9 Å². The van der Waals surface area contributed by atoms with E-state index in [1.165, 1.54) is 18.2 Å². The van der Waals surface area contributed by atoms with Crippen molar-refractivity contribution in [2.75, 3.05) is 11.1 Å². The van der Waals surface area contributed by atoms with Crippen molar-refractivity contribution in [3.05, 3.63) is 41.5 Å². The summed E-state index contributed by atoms with van der Waals surface area (Å²) in [5.74, 6) is -2.26. The van der Waals surface area contributed by atoms with E-state index in [1.54, 1.807) is 26.0 Å². The lowest BCUT2D eigenvalue weighted by atomic mass is 10.1. The molecule has 2 aromatic carbocycles. The molecule has 1 fully saturated rings. The average molecular weight is 448 g/mol. The molecule has 1 saturated carbocycles. The highest BCUT2D eigenvalue weighted by Gasteiger charge is 2.27. The van der Waals surface area contributed by atoms with Crippen LogP contribution in [0.1, 0.15) is 36.8 Å². The molecule has 0 unspecified atom stereocenters. The van der Waals surface area contributed by atoms with Crippen LogP contribution < -0.4 is 10.1 Å². The van der Waals surface area contributed by atoms with Gasteiger partial charge in [0, 0.05) is 11.8 Å². The van der Waals surface area contributed by atoms with Gasteiger partial charge in [-0.3, -0.25) is 4.79 Å². The zero-order chi connectivity index (χ0) is 22.8. The minimum absolute atomic E-state index is 0.0000409. The van der Waals surface area contributed by atoms with Gasteiger partial charge in [-0.2, -0.15) is 0 Å². The van der Waals surface area contributed by atoms with Crippen molar-refractivity contribution in [3.63, 3.8) is 0 Å². The summed E-state index contributed by atoms with van der Waals surface area (Å²) in [6.45, 7) is 3.44. The second-order valence-corrected chi connectivity index (χ2v) is 9.86. The molecule has 9 heteroatoms. The Morgan fingerprint density at radius 1 is 1.10 bits per heavy atom. The lowest BCUT2D eigenvalue weighted by Crippen LogP contribution is -2.21. The predicted molar refractivity (Wildman–Crippen MR) is 114 cm³/mol. The number of aryl methyl sites for hydroxylation is 2. The molecule has 0 heterocycles. The number of ether oxygens (including phenoxy) is 1. The molecule has 0 saturated heterocycles. The summed E-state index contributed by atoms with van der Waals surface area (Å²) >= 11 is 0. The quantitative estimate of drug-likeness (QED) is 0.574. The molecular weight excluding hydrogens is 422 g/mol. The van der Waals surface area contributed by atoms with Crippen LogP contribution in [0.15, 0.2) is 35.2 Å². The SMILES string of the molecule is Cc1cc(NC(=O)C(=O)O)cc(C)c1Oc1ccc(O)c(S(=O)(=O)CC2CCCC2)c1. The molecule has 0 radical (unpaired) electrons. The van der Waals surface area contributed by atoms with E-state index in [-0.39, 0.29) is 28.1 Å².